The monoisotopic (exact) mass is 265 g/mol. The fourth-order valence-corrected chi connectivity index (χ4v) is 2.01. The highest BCUT2D eigenvalue weighted by Gasteiger charge is 2.18. The second kappa shape index (κ2) is 6.69. The van der Waals surface area contributed by atoms with Crippen molar-refractivity contribution in [2.24, 2.45) is 11.8 Å². The van der Waals surface area contributed by atoms with E-state index in [2.05, 4.69) is 33.8 Å². The van der Waals surface area contributed by atoms with Crippen LogP contribution in [0.4, 0.5) is 0 Å². The molecule has 0 saturated heterocycles. The molecule has 3 N–H and O–H groups in total. The quantitative estimate of drug-likeness (QED) is 0.733. The Bertz CT molecular complexity index is 386. The zero-order valence-electron chi connectivity index (χ0n) is 12.3. The number of phenolic OH excluding ortho intramolecular Hbond substituents is 3. The maximum atomic E-state index is 10.2. The van der Waals surface area contributed by atoms with E-state index in [0.29, 0.717) is 35.8 Å². The van der Waals surface area contributed by atoms with Gasteiger partial charge in [0.25, 0.3) is 0 Å². The molecule has 0 aliphatic carbocycles. The lowest BCUT2D eigenvalue weighted by molar-refractivity contribution is 0.402. The molecule has 0 bridgehead atoms. The van der Waals surface area contributed by atoms with Gasteiger partial charge in [-0.25, -0.2) is 0 Å². The van der Waals surface area contributed by atoms with Gasteiger partial charge in [-0.15, -0.1) is 0 Å². The van der Waals surface area contributed by atoms with E-state index in [1.807, 2.05) is 0 Å². The predicted octanol–water partition coefficient (Wildman–Crippen LogP) is 3.78. The average molecular weight is 265 g/mol. The first kappa shape index (κ1) is 15.7. The Kier molecular flexibility index (Phi) is 5.52. The molecule has 0 unspecified atom stereocenters. The molecule has 0 aliphatic heterocycles. The molecule has 1 radical (unpaired) electrons. The second-order valence-corrected chi connectivity index (χ2v) is 5.99. The Hall–Kier alpha value is -1.38. The van der Waals surface area contributed by atoms with Crippen molar-refractivity contribution in [3.8, 4) is 17.2 Å². The van der Waals surface area contributed by atoms with Gasteiger partial charge in [-0.05, 0) is 37.5 Å². The molecule has 0 atom stereocenters. The summed E-state index contributed by atoms with van der Waals surface area (Å²) in [6.45, 7) is 8.38. The summed E-state index contributed by atoms with van der Waals surface area (Å²) >= 11 is 0. The highest BCUT2D eigenvalue weighted by molar-refractivity contribution is 5.54. The topological polar surface area (TPSA) is 60.7 Å². The molecule has 0 heterocycles. The lowest BCUT2D eigenvalue weighted by atomic mass is 9.95. The highest BCUT2D eigenvalue weighted by atomic mass is 16.3. The largest absolute Gasteiger partial charge is 0.507 e. The maximum Gasteiger partial charge on any atom is 0.134 e. The first-order chi connectivity index (χ1) is 8.82. The molecule has 1 rings (SSSR count). The van der Waals surface area contributed by atoms with Crippen LogP contribution < -0.4 is 0 Å². The van der Waals surface area contributed by atoms with Crippen LogP contribution in [0.2, 0.25) is 0 Å². The molecule has 19 heavy (non-hydrogen) atoms. The molecule has 0 fully saturated rings. The molecule has 0 aliphatic rings. The van der Waals surface area contributed by atoms with Crippen molar-refractivity contribution in [2.45, 2.75) is 53.4 Å². The molecule has 0 amide bonds. The molecule has 1 aromatic carbocycles. The second-order valence-electron chi connectivity index (χ2n) is 5.99. The van der Waals surface area contributed by atoms with E-state index in [9.17, 15) is 15.3 Å². The number of benzene rings is 1. The zero-order chi connectivity index (χ0) is 14.6. The predicted molar refractivity (Wildman–Crippen MR) is 76.6 cm³/mol. The van der Waals surface area contributed by atoms with Crippen LogP contribution >= 0.6 is 0 Å². The lowest BCUT2D eigenvalue weighted by Crippen LogP contribution is -1.99. The van der Waals surface area contributed by atoms with Crippen molar-refractivity contribution < 1.29 is 15.3 Å². The van der Waals surface area contributed by atoms with E-state index in [1.54, 1.807) is 0 Å². The third kappa shape index (κ3) is 4.34. The Labute approximate surface area is 115 Å². The molecule has 0 aromatic heterocycles. The smallest absolute Gasteiger partial charge is 0.134 e. The minimum atomic E-state index is -0.135. The third-order valence-electron chi connectivity index (χ3n) is 3.32. The summed E-state index contributed by atoms with van der Waals surface area (Å²) in [6.07, 6.45) is 2.95. The van der Waals surface area contributed by atoms with Gasteiger partial charge in [-0.2, -0.15) is 0 Å². The Morgan fingerprint density at radius 1 is 0.789 bits per heavy atom. The SMILES string of the molecule is CC(C)CCc1c(O)[c]c(O)c(CCC(C)C)c1O. The fourth-order valence-electron chi connectivity index (χ4n) is 2.01. The first-order valence-electron chi connectivity index (χ1n) is 7.00. The van der Waals surface area contributed by atoms with E-state index in [-0.39, 0.29) is 17.2 Å². The Morgan fingerprint density at radius 3 is 1.47 bits per heavy atom. The molecule has 3 nitrogen and oxygen atoms in total. The zero-order valence-corrected chi connectivity index (χ0v) is 12.3. The summed E-state index contributed by atoms with van der Waals surface area (Å²) in [4.78, 5) is 0. The van der Waals surface area contributed by atoms with E-state index in [1.165, 1.54) is 0 Å². The molecular weight excluding hydrogens is 240 g/mol. The van der Waals surface area contributed by atoms with Gasteiger partial charge < -0.3 is 15.3 Å². The number of hydrogen-bond donors (Lipinski definition) is 3. The van der Waals surface area contributed by atoms with Gasteiger partial charge in [0, 0.05) is 11.1 Å². The molecule has 3 heteroatoms. The summed E-state index contributed by atoms with van der Waals surface area (Å²) in [7, 11) is 0. The van der Waals surface area contributed by atoms with Crippen LogP contribution in [-0.4, -0.2) is 15.3 Å². The summed E-state index contributed by atoms with van der Waals surface area (Å²) in [5.41, 5.74) is 1.01. The molecule has 0 spiro atoms. The van der Waals surface area contributed by atoms with Crippen LogP contribution in [0.25, 0.3) is 0 Å². The summed E-state index contributed by atoms with van der Waals surface area (Å²) in [6, 6.07) is 2.55. The van der Waals surface area contributed by atoms with Crippen LogP contribution in [0.15, 0.2) is 0 Å². The van der Waals surface area contributed by atoms with Gasteiger partial charge in [-0.3, -0.25) is 0 Å². The van der Waals surface area contributed by atoms with Gasteiger partial charge in [-0.1, -0.05) is 27.7 Å². The standard InChI is InChI=1S/C16H25O3/c1-10(2)5-7-12-14(17)9-15(18)13(16(12)19)8-6-11(3)4/h10-11,17-19H,5-8H2,1-4H3. The molecule has 1 aromatic rings. The maximum absolute atomic E-state index is 10.2. The van der Waals surface area contributed by atoms with Crippen molar-refractivity contribution in [2.75, 3.05) is 0 Å². The minimum Gasteiger partial charge on any atom is -0.507 e. The van der Waals surface area contributed by atoms with Crippen LogP contribution in [0.1, 0.15) is 51.7 Å². The summed E-state index contributed by atoms with van der Waals surface area (Å²) in [5.74, 6) is 0.751. The van der Waals surface area contributed by atoms with E-state index < -0.39 is 0 Å². The minimum absolute atomic E-state index is 0.0371. The van der Waals surface area contributed by atoms with Crippen molar-refractivity contribution in [1.82, 2.24) is 0 Å². The number of aromatic hydroxyl groups is 3. The number of hydrogen-bond acceptors (Lipinski definition) is 3. The summed E-state index contributed by atoms with van der Waals surface area (Å²) in [5, 5.41) is 29.9. The molecule has 107 valence electrons. The van der Waals surface area contributed by atoms with E-state index in [0.717, 1.165) is 12.8 Å². The third-order valence-corrected chi connectivity index (χ3v) is 3.32. The Balaban J connectivity index is 3.00. The lowest BCUT2D eigenvalue weighted by Gasteiger charge is -2.15. The fraction of sp³-hybridized carbons (Fsp3) is 0.625. The van der Waals surface area contributed by atoms with Crippen LogP contribution in [0.5, 0.6) is 17.2 Å². The molecule has 0 saturated carbocycles. The van der Waals surface area contributed by atoms with Gasteiger partial charge in [0.1, 0.15) is 17.2 Å². The van der Waals surface area contributed by atoms with E-state index >= 15 is 0 Å². The number of rotatable bonds is 6. The van der Waals surface area contributed by atoms with Crippen molar-refractivity contribution >= 4 is 0 Å². The average Bonchev–Trinajstić information content (AvgIpc) is 2.27. The van der Waals surface area contributed by atoms with Crippen molar-refractivity contribution in [1.29, 1.82) is 0 Å². The van der Waals surface area contributed by atoms with Crippen LogP contribution in [-0.2, 0) is 12.8 Å². The van der Waals surface area contributed by atoms with Crippen molar-refractivity contribution in [3.05, 3.63) is 17.2 Å². The number of phenols is 3. The van der Waals surface area contributed by atoms with Gasteiger partial charge in [0.2, 0.25) is 0 Å². The van der Waals surface area contributed by atoms with Crippen LogP contribution in [0.3, 0.4) is 0 Å². The normalized spacial score (nSPS) is 11.5. The highest BCUT2D eigenvalue weighted by Crippen LogP contribution is 2.38. The summed E-state index contributed by atoms with van der Waals surface area (Å²) < 4.78 is 0. The first-order valence-corrected chi connectivity index (χ1v) is 7.00. The van der Waals surface area contributed by atoms with Crippen LogP contribution in [0, 0.1) is 17.9 Å². The van der Waals surface area contributed by atoms with Crippen molar-refractivity contribution in [3.63, 3.8) is 0 Å². The van der Waals surface area contributed by atoms with Gasteiger partial charge in [0.05, 0.1) is 6.07 Å². The van der Waals surface area contributed by atoms with Gasteiger partial charge >= 0.3 is 0 Å². The molecular formula is C16H25O3. The van der Waals surface area contributed by atoms with E-state index in [4.69, 9.17) is 0 Å². The van der Waals surface area contributed by atoms with Gasteiger partial charge in [0.15, 0.2) is 0 Å². The Morgan fingerprint density at radius 2 is 1.16 bits per heavy atom.